The van der Waals surface area contributed by atoms with Gasteiger partial charge in [0.1, 0.15) is 19.0 Å². The van der Waals surface area contributed by atoms with Gasteiger partial charge in [0.15, 0.2) is 11.5 Å². The van der Waals surface area contributed by atoms with Crippen molar-refractivity contribution in [3.63, 3.8) is 0 Å². The molecule has 3 N–H and O–H groups in total. The van der Waals surface area contributed by atoms with E-state index in [1.54, 1.807) is 6.07 Å². The molecular formula is C16H18N2O3. The Balaban J connectivity index is 1.91. The lowest BCUT2D eigenvalue weighted by Gasteiger charge is -2.21. The third kappa shape index (κ3) is 2.81. The molecule has 1 heterocycles. The largest absolute Gasteiger partial charge is 0.492 e. The van der Waals surface area contributed by atoms with E-state index in [0.717, 1.165) is 17.1 Å². The van der Waals surface area contributed by atoms with Gasteiger partial charge in [-0.1, -0.05) is 12.1 Å². The van der Waals surface area contributed by atoms with Crippen molar-refractivity contribution < 1.29 is 14.2 Å². The number of nitrogen functional groups attached to an aromatic ring is 1. The summed E-state index contributed by atoms with van der Waals surface area (Å²) in [4.78, 5) is 0. The molecule has 0 unspecified atom stereocenters. The first-order chi connectivity index (χ1) is 10.3. The first-order valence-electron chi connectivity index (χ1n) is 6.96. The maximum absolute atomic E-state index is 6.08. The number of hydrogen-bond acceptors (Lipinski definition) is 5. The smallest absolute Gasteiger partial charge is 0.163 e. The minimum atomic E-state index is 0.548. The highest BCUT2D eigenvalue weighted by molar-refractivity contribution is 5.78. The summed E-state index contributed by atoms with van der Waals surface area (Å²) in [6.45, 7) is 3.66. The van der Waals surface area contributed by atoms with Crippen molar-refractivity contribution in [3.05, 3.63) is 36.4 Å². The molecule has 0 atom stereocenters. The fourth-order valence-corrected chi connectivity index (χ4v) is 2.21. The van der Waals surface area contributed by atoms with Gasteiger partial charge in [0.05, 0.1) is 23.7 Å². The fourth-order valence-electron chi connectivity index (χ4n) is 2.21. The standard InChI is InChI=1S/C16H18N2O3/c1-2-19-14-6-4-3-5-12(14)18-13-10-16-15(9-11(13)17)20-7-8-21-16/h3-6,9-10,18H,2,7-8,17H2,1H3. The molecule has 110 valence electrons. The van der Waals surface area contributed by atoms with Gasteiger partial charge in [0, 0.05) is 12.1 Å². The van der Waals surface area contributed by atoms with Crippen LogP contribution >= 0.6 is 0 Å². The molecule has 2 aromatic carbocycles. The summed E-state index contributed by atoms with van der Waals surface area (Å²) >= 11 is 0. The van der Waals surface area contributed by atoms with Crippen molar-refractivity contribution >= 4 is 17.1 Å². The van der Waals surface area contributed by atoms with Crippen LogP contribution in [0, 0.1) is 0 Å². The van der Waals surface area contributed by atoms with Gasteiger partial charge in [-0.25, -0.2) is 0 Å². The second-order valence-electron chi connectivity index (χ2n) is 4.64. The summed E-state index contributed by atoms with van der Waals surface area (Å²) in [5.41, 5.74) is 8.31. The topological polar surface area (TPSA) is 65.7 Å². The average molecular weight is 286 g/mol. The lowest BCUT2D eigenvalue weighted by molar-refractivity contribution is 0.172. The van der Waals surface area contributed by atoms with Gasteiger partial charge in [0.2, 0.25) is 0 Å². The normalized spacial score (nSPS) is 12.8. The highest BCUT2D eigenvalue weighted by Crippen LogP contribution is 2.39. The molecule has 0 saturated carbocycles. The molecule has 0 aliphatic carbocycles. The van der Waals surface area contributed by atoms with Crippen molar-refractivity contribution in [2.45, 2.75) is 6.92 Å². The van der Waals surface area contributed by atoms with Gasteiger partial charge in [-0.3, -0.25) is 0 Å². The molecule has 0 saturated heterocycles. The lowest BCUT2D eigenvalue weighted by atomic mass is 10.2. The van der Waals surface area contributed by atoms with Gasteiger partial charge in [0.25, 0.3) is 0 Å². The van der Waals surface area contributed by atoms with E-state index < -0.39 is 0 Å². The Bertz CT molecular complexity index is 643. The van der Waals surface area contributed by atoms with E-state index in [2.05, 4.69) is 5.32 Å². The number of anilines is 3. The molecule has 1 aliphatic heterocycles. The second-order valence-corrected chi connectivity index (χ2v) is 4.64. The number of nitrogens with one attached hydrogen (secondary N) is 1. The van der Waals surface area contributed by atoms with Crippen LogP contribution in [0.25, 0.3) is 0 Å². The number of ether oxygens (including phenoxy) is 3. The van der Waals surface area contributed by atoms with Crippen molar-refractivity contribution in [2.24, 2.45) is 0 Å². The Morgan fingerprint density at radius 1 is 1.10 bits per heavy atom. The Kier molecular flexibility index (Phi) is 3.73. The zero-order chi connectivity index (χ0) is 14.7. The van der Waals surface area contributed by atoms with Crippen LogP contribution in [0.4, 0.5) is 17.1 Å². The van der Waals surface area contributed by atoms with Gasteiger partial charge < -0.3 is 25.3 Å². The molecule has 0 fully saturated rings. The SMILES string of the molecule is CCOc1ccccc1Nc1cc2c(cc1N)OCCO2. The van der Waals surface area contributed by atoms with Crippen molar-refractivity contribution in [1.82, 2.24) is 0 Å². The van der Waals surface area contributed by atoms with E-state index in [9.17, 15) is 0 Å². The molecule has 3 rings (SSSR count). The molecule has 21 heavy (non-hydrogen) atoms. The summed E-state index contributed by atoms with van der Waals surface area (Å²) in [5, 5.41) is 3.29. The quantitative estimate of drug-likeness (QED) is 0.845. The first kappa shape index (κ1) is 13.4. The molecule has 2 aromatic rings. The predicted octanol–water partition coefficient (Wildman–Crippen LogP) is 3.18. The number of fused-ring (bicyclic) bond motifs is 1. The zero-order valence-electron chi connectivity index (χ0n) is 11.9. The maximum atomic E-state index is 6.08. The molecule has 0 aromatic heterocycles. The Labute approximate surface area is 123 Å². The van der Waals surface area contributed by atoms with Crippen LogP contribution in [0.5, 0.6) is 17.2 Å². The van der Waals surface area contributed by atoms with Crippen LogP contribution in [0.3, 0.4) is 0 Å². The third-order valence-electron chi connectivity index (χ3n) is 3.17. The average Bonchev–Trinajstić information content (AvgIpc) is 2.50. The maximum Gasteiger partial charge on any atom is 0.163 e. The molecule has 0 bridgehead atoms. The van der Waals surface area contributed by atoms with E-state index in [4.69, 9.17) is 19.9 Å². The van der Waals surface area contributed by atoms with E-state index in [1.807, 2.05) is 37.3 Å². The monoisotopic (exact) mass is 286 g/mol. The third-order valence-corrected chi connectivity index (χ3v) is 3.17. The highest BCUT2D eigenvalue weighted by atomic mass is 16.6. The Morgan fingerprint density at radius 3 is 2.57 bits per heavy atom. The fraction of sp³-hybridized carbons (Fsp3) is 0.250. The number of para-hydroxylation sites is 2. The second kappa shape index (κ2) is 5.83. The zero-order valence-corrected chi connectivity index (χ0v) is 11.9. The van der Waals surface area contributed by atoms with Crippen LogP contribution in [0.1, 0.15) is 6.92 Å². The minimum Gasteiger partial charge on any atom is -0.492 e. The summed E-state index contributed by atoms with van der Waals surface area (Å²) in [5.74, 6) is 2.17. The van der Waals surface area contributed by atoms with Gasteiger partial charge >= 0.3 is 0 Å². The van der Waals surface area contributed by atoms with Crippen LogP contribution < -0.4 is 25.3 Å². The van der Waals surface area contributed by atoms with E-state index in [1.165, 1.54) is 0 Å². The molecular weight excluding hydrogens is 268 g/mol. The molecule has 1 aliphatic rings. The summed E-state index contributed by atoms with van der Waals surface area (Å²) < 4.78 is 16.7. The predicted molar refractivity (Wildman–Crippen MR) is 82.7 cm³/mol. The van der Waals surface area contributed by atoms with Crippen LogP contribution in [0.15, 0.2) is 36.4 Å². The Hall–Kier alpha value is -2.56. The van der Waals surface area contributed by atoms with E-state index >= 15 is 0 Å². The van der Waals surface area contributed by atoms with Crippen molar-refractivity contribution in [1.29, 1.82) is 0 Å². The first-order valence-corrected chi connectivity index (χ1v) is 6.96. The van der Waals surface area contributed by atoms with Crippen LogP contribution in [-0.2, 0) is 0 Å². The highest BCUT2D eigenvalue weighted by Gasteiger charge is 2.15. The lowest BCUT2D eigenvalue weighted by Crippen LogP contribution is -2.15. The number of nitrogens with two attached hydrogens (primary N) is 1. The summed E-state index contributed by atoms with van der Waals surface area (Å²) in [6, 6.07) is 11.4. The van der Waals surface area contributed by atoms with E-state index in [0.29, 0.717) is 37.0 Å². The molecule has 0 radical (unpaired) electrons. The van der Waals surface area contributed by atoms with Crippen molar-refractivity contribution in [2.75, 3.05) is 30.9 Å². The minimum absolute atomic E-state index is 0.548. The van der Waals surface area contributed by atoms with Gasteiger partial charge in [-0.05, 0) is 19.1 Å². The molecule has 0 spiro atoms. The molecule has 5 heteroatoms. The summed E-state index contributed by atoms with van der Waals surface area (Å²) in [7, 11) is 0. The molecule has 0 amide bonds. The molecule has 5 nitrogen and oxygen atoms in total. The van der Waals surface area contributed by atoms with Gasteiger partial charge in [-0.15, -0.1) is 0 Å². The van der Waals surface area contributed by atoms with E-state index in [-0.39, 0.29) is 0 Å². The number of rotatable bonds is 4. The number of hydrogen-bond donors (Lipinski definition) is 2. The Morgan fingerprint density at radius 2 is 1.81 bits per heavy atom. The van der Waals surface area contributed by atoms with Crippen LogP contribution in [0.2, 0.25) is 0 Å². The number of benzene rings is 2. The van der Waals surface area contributed by atoms with Crippen molar-refractivity contribution in [3.8, 4) is 17.2 Å². The van der Waals surface area contributed by atoms with Gasteiger partial charge in [-0.2, -0.15) is 0 Å². The summed E-state index contributed by atoms with van der Waals surface area (Å²) in [6.07, 6.45) is 0. The van der Waals surface area contributed by atoms with Crippen LogP contribution in [-0.4, -0.2) is 19.8 Å².